The van der Waals surface area contributed by atoms with E-state index in [9.17, 15) is 4.39 Å². The number of hydrogen-bond acceptors (Lipinski definition) is 2. The summed E-state index contributed by atoms with van der Waals surface area (Å²) in [4.78, 5) is 4.92. The van der Waals surface area contributed by atoms with Gasteiger partial charge >= 0.3 is 0 Å². The molecule has 1 N–H and O–H groups in total. The van der Waals surface area contributed by atoms with Crippen molar-refractivity contribution in [2.45, 2.75) is 13.3 Å². The predicted octanol–water partition coefficient (Wildman–Crippen LogP) is 8.53. The SMILES string of the molecule is CCc1ccc(-c2cc(-c3ccc(Nc4ccccc4)cc3)cc(-c3ccc(F)cc3)n2)cc1. The Morgan fingerprint density at radius 2 is 1.12 bits per heavy atom. The maximum Gasteiger partial charge on any atom is 0.123 e. The van der Waals surface area contributed by atoms with Gasteiger partial charge in [-0.3, -0.25) is 0 Å². The molecule has 4 aromatic carbocycles. The molecular weight excluding hydrogens is 419 g/mol. The number of hydrogen-bond donors (Lipinski definition) is 1. The van der Waals surface area contributed by atoms with Crippen LogP contribution in [0.3, 0.4) is 0 Å². The van der Waals surface area contributed by atoms with Crippen LogP contribution in [0, 0.1) is 5.82 Å². The molecular formula is C31H25FN2. The number of pyridine rings is 1. The molecule has 0 radical (unpaired) electrons. The van der Waals surface area contributed by atoms with Crippen molar-refractivity contribution >= 4 is 11.4 Å². The maximum atomic E-state index is 13.5. The lowest BCUT2D eigenvalue weighted by Crippen LogP contribution is -1.93. The van der Waals surface area contributed by atoms with Gasteiger partial charge in [0, 0.05) is 22.5 Å². The lowest BCUT2D eigenvalue weighted by atomic mass is 9.99. The molecule has 0 bridgehead atoms. The van der Waals surface area contributed by atoms with Gasteiger partial charge in [0.1, 0.15) is 5.82 Å². The molecule has 166 valence electrons. The van der Waals surface area contributed by atoms with Crippen LogP contribution in [0.2, 0.25) is 0 Å². The summed E-state index contributed by atoms with van der Waals surface area (Å²) in [5.74, 6) is -0.253. The van der Waals surface area contributed by atoms with E-state index in [1.807, 2.05) is 30.3 Å². The third kappa shape index (κ3) is 4.89. The molecule has 0 spiro atoms. The Bertz CT molecular complexity index is 1380. The number of para-hydroxylation sites is 1. The van der Waals surface area contributed by atoms with Gasteiger partial charge in [-0.15, -0.1) is 0 Å². The Morgan fingerprint density at radius 3 is 1.71 bits per heavy atom. The van der Waals surface area contributed by atoms with Crippen LogP contribution < -0.4 is 5.32 Å². The topological polar surface area (TPSA) is 24.9 Å². The molecule has 34 heavy (non-hydrogen) atoms. The summed E-state index contributed by atoms with van der Waals surface area (Å²) in [5.41, 5.74) is 9.19. The number of rotatable bonds is 6. The van der Waals surface area contributed by atoms with Gasteiger partial charge in [-0.25, -0.2) is 9.37 Å². The van der Waals surface area contributed by atoms with Gasteiger partial charge in [0.2, 0.25) is 0 Å². The molecule has 0 atom stereocenters. The third-order valence-electron chi connectivity index (χ3n) is 5.90. The summed E-state index contributed by atoms with van der Waals surface area (Å²) in [6, 6.07) is 37.7. The van der Waals surface area contributed by atoms with Crippen LogP contribution in [0.25, 0.3) is 33.6 Å². The number of nitrogens with zero attached hydrogens (tertiary/aromatic N) is 1. The number of benzene rings is 4. The second-order valence-electron chi connectivity index (χ2n) is 8.25. The Morgan fingerprint density at radius 1 is 0.588 bits per heavy atom. The molecule has 5 rings (SSSR count). The Balaban J connectivity index is 1.53. The Hall–Kier alpha value is -4.24. The normalized spacial score (nSPS) is 10.8. The summed E-state index contributed by atoms with van der Waals surface area (Å²) < 4.78 is 13.5. The minimum Gasteiger partial charge on any atom is -0.356 e. The van der Waals surface area contributed by atoms with Crippen LogP contribution >= 0.6 is 0 Å². The predicted molar refractivity (Wildman–Crippen MR) is 140 cm³/mol. The van der Waals surface area contributed by atoms with E-state index in [1.165, 1.54) is 17.7 Å². The largest absolute Gasteiger partial charge is 0.356 e. The third-order valence-corrected chi connectivity index (χ3v) is 5.90. The van der Waals surface area contributed by atoms with Crippen molar-refractivity contribution in [3.63, 3.8) is 0 Å². The van der Waals surface area contributed by atoms with Gasteiger partial charge in [-0.05, 0) is 83.8 Å². The van der Waals surface area contributed by atoms with Crippen LogP contribution in [0.5, 0.6) is 0 Å². The van der Waals surface area contributed by atoms with Crippen molar-refractivity contribution in [2.75, 3.05) is 5.32 Å². The lowest BCUT2D eigenvalue weighted by Gasteiger charge is -2.12. The molecule has 0 saturated carbocycles. The minimum atomic E-state index is -0.253. The smallest absolute Gasteiger partial charge is 0.123 e. The molecule has 3 heteroatoms. The average Bonchev–Trinajstić information content (AvgIpc) is 2.90. The van der Waals surface area contributed by atoms with Crippen molar-refractivity contribution in [1.82, 2.24) is 4.98 Å². The molecule has 1 heterocycles. The number of nitrogens with one attached hydrogen (secondary N) is 1. The monoisotopic (exact) mass is 444 g/mol. The highest BCUT2D eigenvalue weighted by atomic mass is 19.1. The molecule has 0 amide bonds. The van der Waals surface area contributed by atoms with Crippen LogP contribution in [0.15, 0.2) is 115 Å². The first-order valence-corrected chi connectivity index (χ1v) is 11.5. The highest BCUT2D eigenvalue weighted by molar-refractivity contribution is 5.77. The molecule has 1 aromatic heterocycles. The van der Waals surface area contributed by atoms with Crippen LogP contribution in [-0.4, -0.2) is 4.98 Å². The quantitative estimate of drug-likeness (QED) is 0.284. The van der Waals surface area contributed by atoms with Gasteiger partial charge in [-0.1, -0.05) is 61.5 Å². The van der Waals surface area contributed by atoms with E-state index in [2.05, 4.69) is 72.9 Å². The fourth-order valence-electron chi connectivity index (χ4n) is 3.96. The van der Waals surface area contributed by atoms with E-state index in [-0.39, 0.29) is 5.82 Å². The summed E-state index contributed by atoms with van der Waals surface area (Å²) in [6.45, 7) is 2.15. The molecule has 0 aliphatic rings. The van der Waals surface area contributed by atoms with Gasteiger partial charge in [0.05, 0.1) is 11.4 Å². The molecule has 0 fully saturated rings. The maximum absolute atomic E-state index is 13.5. The molecule has 2 nitrogen and oxygen atoms in total. The van der Waals surface area contributed by atoms with Crippen LogP contribution in [0.4, 0.5) is 15.8 Å². The zero-order chi connectivity index (χ0) is 23.3. The highest BCUT2D eigenvalue weighted by Gasteiger charge is 2.10. The molecule has 0 aliphatic carbocycles. The Kier molecular flexibility index (Phi) is 6.17. The summed E-state index contributed by atoms with van der Waals surface area (Å²) in [7, 11) is 0. The summed E-state index contributed by atoms with van der Waals surface area (Å²) in [5, 5.41) is 3.43. The van der Waals surface area contributed by atoms with Crippen molar-refractivity contribution in [1.29, 1.82) is 0 Å². The van der Waals surface area contributed by atoms with Gasteiger partial charge in [0.15, 0.2) is 0 Å². The summed E-state index contributed by atoms with van der Waals surface area (Å²) in [6.07, 6.45) is 0.998. The standard InChI is InChI=1S/C31H25FN2/c1-2-22-8-10-24(11-9-22)30-20-26(21-31(34-30)25-12-16-27(32)17-13-25)23-14-18-29(19-15-23)33-28-6-4-3-5-7-28/h3-21,33H,2H2,1H3. The van der Waals surface area contributed by atoms with E-state index >= 15 is 0 Å². The first-order chi connectivity index (χ1) is 16.7. The van der Waals surface area contributed by atoms with Crippen LogP contribution in [0.1, 0.15) is 12.5 Å². The van der Waals surface area contributed by atoms with Gasteiger partial charge in [0.25, 0.3) is 0 Å². The van der Waals surface area contributed by atoms with E-state index in [0.29, 0.717) is 0 Å². The molecule has 0 unspecified atom stereocenters. The highest BCUT2D eigenvalue weighted by Crippen LogP contribution is 2.31. The van der Waals surface area contributed by atoms with E-state index in [1.54, 1.807) is 12.1 Å². The summed E-state index contributed by atoms with van der Waals surface area (Å²) >= 11 is 0. The average molecular weight is 445 g/mol. The lowest BCUT2D eigenvalue weighted by molar-refractivity contribution is 0.628. The number of halogens is 1. The van der Waals surface area contributed by atoms with E-state index in [4.69, 9.17) is 4.98 Å². The minimum absolute atomic E-state index is 0.253. The van der Waals surface area contributed by atoms with Crippen molar-refractivity contribution < 1.29 is 4.39 Å². The molecule has 0 aliphatic heterocycles. The zero-order valence-electron chi connectivity index (χ0n) is 19.0. The van der Waals surface area contributed by atoms with E-state index < -0.39 is 0 Å². The van der Waals surface area contributed by atoms with Crippen molar-refractivity contribution in [3.05, 3.63) is 127 Å². The van der Waals surface area contributed by atoms with E-state index in [0.717, 1.165) is 51.4 Å². The first-order valence-electron chi connectivity index (χ1n) is 11.5. The second-order valence-corrected chi connectivity index (χ2v) is 8.25. The number of anilines is 2. The van der Waals surface area contributed by atoms with Crippen LogP contribution in [-0.2, 0) is 6.42 Å². The molecule has 0 saturated heterocycles. The Labute approximate surface area is 199 Å². The first kappa shape index (κ1) is 21.6. The fourth-order valence-corrected chi connectivity index (χ4v) is 3.96. The zero-order valence-corrected chi connectivity index (χ0v) is 19.0. The molecule has 5 aromatic rings. The second kappa shape index (κ2) is 9.72. The number of aromatic nitrogens is 1. The van der Waals surface area contributed by atoms with Crippen molar-refractivity contribution in [2.24, 2.45) is 0 Å². The fraction of sp³-hybridized carbons (Fsp3) is 0.0645. The van der Waals surface area contributed by atoms with Gasteiger partial charge < -0.3 is 5.32 Å². The van der Waals surface area contributed by atoms with Gasteiger partial charge in [-0.2, -0.15) is 0 Å². The number of aryl methyl sites for hydroxylation is 1. The van der Waals surface area contributed by atoms with Crippen molar-refractivity contribution in [3.8, 4) is 33.6 Å².